The van der Waals surface area contributed by atoms with E-state index in [4.69, 9.17) is 19.0 Å². The number of fused-ring (bicyclic) bond motifs is 1. The van der Waals surface area contributed by atoms with Crippen molar-refractivity contribution in [3.05, 3.63) is 24.4 Å². The highest BCUT2D eigenvalue weighted by Gasteiger charge is 2.21. The highest BCUT2D eigenvalue weighted by Crippen LogP contribution is 2.37. The van der Waals surface area contributed by atoms with Crippen LogP contribution < -0.4 is 14.4 Å². The van der Waals surface area contributed by atoms with Crippen LogP contribution in [-0.4, -0.2) is 44.3 Å². The summed E-state index contributed by atoms with van der Waals surface area (Å²) in [7, 11) is 1.41. The zero-order valence-electron chi connectivity index (χ0n) is 15.7. The van der Waals surface area contributed by atoms with Gasteiger partial charge in [-0.25, -0.2) is 0 Å². The lowest BCUT2D eigenvalue weighted by Crippen LogP contribution is -2.34. The molecule has 6 nitrogen and oxygen atoms in total. The van der Waals surface area contributed by atoms with Crippen molar-refractivity contribution in [2.75, 3.05) is 44.2 Å². The highest BCUT2D eigenvalue weighted by atomic mass is 32.2. The summed E-state index contributed by atoms with van der Waals surface area (Å²) in [5, 5.41) is 1.08. The molecule has 0 unspecified atom stereocenters. The normalized spacial score (nSPS) is 16.0. The molecule has 0 bridgehead atoms. The van der Waals surface area contributed by atoms with E-state index in [0.717, 1.165) is 54.8 Å². The molecule has 0 saturated carbocycles. The lowest BCUT2D eigenvalue weighted by molar-refractivity contribution is 0.355. The van der Waals surface area contributed by atoms with Gasteiger partial charge in [0.05, 0.1) is 19.7 Å². The topological polar surface area (TPSA) is 82.3 Å². The predicted molar refractivity (Wildman–Crippen MR) is 108 cm³/mol. The average molecular weight is 377 g/mol. The Balaban J connectivity index is 1.79. The fourth-order valence-corrected chi connectivity index (χ4v) is 4.40. The number of aromatic nitrogens is 1. The van der Waals surface area contributed by atoms with Crippen molar-refractivity contribution in [3.8, 4) is 11.5 Å². The van der Waals surface area contributed by atoms with Crippen LogP contribution in [0, 0.1) is 15.5 Å². The zero-order valence-corrected chi connectivity index (χ0v) is 16.6. The predicted octanol–water partition coefficient (Wildman–Crippen LogP) is 4.17. The fraction of sp³-hybridized carbons (Fsp3) is 0.526. The molecule has 1 aromatic heterocycles. The first-order valence-corrected chi connectivity index (χ1v) is 11.1. The van der Waals surface area contributed by atoms with Crippen molar-refractivity contribution in [1.29, 1.82) is 9.56 Å². The minimum Gasteiger partial charge on any atom is -0.493 e. The van der Waals surface area contributed by atoms with Gasteiger partial charge in [0.2, 0.25) is 0 Å². The van der Waals surface area contributed by atoms with Gasteiger partial charge >= 0.3 is 0 Å². The van der Waals surface area contributed by atoms with Crippen LogP contribution >= 0.6 is 0 Å². The molecule has 0 atom stereocenters. The van der Waals surface area contributed by atoms with Crippen LogP contribution in [0.3, 0.4) is 0 Å². The highest BCUT2D eigenvalue weighted by molar-refractivity contribution is 7.92. The van der Waals surface area contributed by atoms with Crippen molar-refractivity contribution in [2.24, 2.45) is 5.92 Å². The number of rotatable bonds is 6. The first-order chi connectivity index (χ1) is 12.4. The number of hydrogen-bond donors (Lipinski definition) is 2. The van der Waals surface area contributed by atoms with Crippen LogP contribution in [0.15, 0.2) is 24.4 Å². The van der Waals surface area contributed by atoms with E-state index in [-0.39, 0.29) is 0 Å². The van der Waals surface area contributed by atoms with Crippen LogP contribution in [0.25, 0.3) is 10.9 Å². The molecule has 26 heavy (non-hydrogen) atoms. The molecule has 1 saturated heterocycles. The van der Waals surface area contributed by atoms with Gasteiger partial charge in [-0.15, -0.1) is 0 Å². The van der Waals surface area contributed by atoms with Gasteiger partial charge in [-0.2, -0.15) is 0 Å². The Labute approximate surface area is 155 Å². The summed E-state index contributed by atoms with van der Waals surface area (Å²) >= 11 is 0. The molecule has 7 heteroatoms. The SMILES string of the molecule is COc1cc2nccc(N3CCC(CCS(C)(=N)=N)CC3)c2cc1OC. The van der Waals surface area contributed by atoms with Gasteiger partial charge in [0, 0.05) is 48.4 Å². The number of anilines is 1. The second kappa shape index (κ2) is 7.70. The number of nitrogens with zero attached hydrogens (tertiary/aromatic N) is 2. The van der Waals surface area contributed by atoms with Gasteiger partial charge in [-0.3, -0.25) is 14.5 Å². The van der Waals surface area contributed by atoms with E-state index in [2.05, 4.69) is 16.0 Å². The third kappa shape index (κ3) is 4.20. The fourth-order valence-electron chi connectivity index (χ4n) is 3.60. The van der Waals surface area contributed by atoms with Crippen molar-refractivity contribution in [3.63, 3.8) is 0 Å². The molecule has 1 aliphatic rings. The van der Waals surface area contributed by atoms with E-state index in [0.29, 0.717) is 11.7 Å². The van der Waals surface area contributed by atoms with E-state index in [1.165, 1.54) is 5.69 Å². The quantitative estimate of drug-likeness (QED) is 0.793. The molecular weight excluding hydrogens is 348 g/mol. The van der Waals surface area contributed by atoms with Crippen molar-refractivity contribution in [2.45, 2.75) is 19.3 Å². The maximum atomic E-state index is 7.80. The largest absolute Gasteiger partial charge is 0.493 e. The van der Waals surface area contributed by atoms with Gasteiger partial charge in [0.25, 0.3) is 0 Å². The Morgan fingerprint density at radius 3 is 2.42 bits per heavy atom. The molecule has 2 N–H and O–H groups in total. The zero-order chi connectivity index (χ0) is 18.7. The van der Waals surface area contributed by atoms with Gasteiger partial charge < -0.3 is 14.4 Å². The lowest BCUT2D eigenvalue weighted by Gasteiger charge is -2.34. The molecular formula is C19H28N4O2S. The van der Waals surface area contributed by atoms with Crippen LogP contribution in [-0.2, 0) is 9.62 Å². The number of pyridine rings is 1. The van der Waals surface area contributed by atoms with Crippen molar-refractivity contribution in [1.82, 2.24) is 4.98 Å². The van der Waals surface area contributed by atoms with Crippen molar-refractivity contribution >= 4 is 26.2 Å². The molecule has 0 spiro atoms. The smallest absolute Gasteiger partial charge is 0.162 e. The lowest BCUT2D eigenvalue weighted by atomic mass is 9.94. The Hall–Kier alpha value is -2.02. The molecule has 2 heterocycles. The Bertz CT molecular complexity index is 874. The molecule has 142 valence electrons. The molecule has 2 aromatic rings. The maximum Gasteiger partial charge on any atom is 0.162 e. The Morgan fingerprint density at radius 2 is 1.81 bits per heavy atom. The number of ether oxygens (including phenoxy) is 2. The summed E-state index contributed by atoms with van der Waals surface area (Å²) < 4.78 is 26.4. The minimum absolute atomic E-state index is 0.636. The number of hydrogen-bond acceptors (Lipinski definition) is 6. The summed E-state index contributed by atoms with van der Waals surface area (Å²) in [6, 6.07) is 6.01. The second-order valence-corrected chi connectivity index (χ2v) is 9.65. The van der Waals surface area contributed by atoms with E-state index in [9.17, 15) is 0 Å². The van der Waals surface area contributed by atoms with E-state index >= 15 is 0 Å². The first kappa shape index (κ1) is 18.8. The number of nitrogens with one attached hydrogen (secondary N) is 2. The Morgan fingerprint density at radius 1 is 1.15 bits per heavy atom. The molecule has 1 fully saturated rings. The molecule has 0 aliphatic carbocycles. The van der Waals surface area contributed by atoms with E-state index in [1.54, 1.807) is 20.5 Å². The third-order valence-electron chi connectivity index (χ3n) is 5.11. The summed E-state index contributed by atoms with van der Waals surface area (Å²) in [5.41, 5.74) is 2.09. The third-order valence-corrected chi connectivity index (χ3v) is 6.17. The summed E-state index contributed by atoms with van der Waals surface area (Å²) in [6.45, 7) is 2.00. The molecule has 0 amide bonds. The van der Waals surface area contributed by atoms with Gasteiger partial charge in [-0.05, 0) is 37.3 Å². The van der Waals surface area contributed by atoms with Crippen LogP contribution in [0.1, 0.15) is 19.3 Å². The summed E-state index contributed by atoms with van der Waals surface area (Å²) in [6.07, 6.45) is 6.85. The van der Waals surface area contributed by atoms with Crippen LogP contribution in [0.5, 0.6) is 11.5 Å². The van der Waals surface area contributed by atoms with E-state index in [1.807, 2.05) is 18.3 Å². The minimum atomic E-state index is -1.88. The Kier molecular flexibility index (Phi) is 5.55. The molecule has 1 aromatic carbocycles. The second-order valence-electron chi connectivity index (χ2n) is 7.07. The van der Waals surface area contributed by atoms with Crippen molar-refractivity contribution < 1.29 is 9.47 Å². The first-order valence-electron chi connectivity index (χ1n) is 8.92. The standard InChI is InChI=1S/C19H28N4O2S/c1-24-18-12-15-16(13-19(18)25-2)22-8-4-17(15)23-9-5-14(6-10-23)7-11-26(3,20)21/h4,8,12-14,20-21H,5-7,9-11H2,1-3H3. The maximum absolute atomic E-state index is 7.80. The van der Waals surface area contributed by atoms with Gasteiger partial charge in [0.15, 0.2) is 11.5 Å². The van der Waals surface area contributed by atoms with Gasteiger partial charge in [0.1, 0.15) is 0 Å². The van der Waals surface area contributed by atoms with Crippen LogP contribution in [0.4, 0.5) is 5.69 Å². The summed E-state index contributed by atoms with van der Waals surface area (Å²) in [4.78, 5) is 6.91. The molecule has 1 aliphatic heterocycles. The summed E-state index contributed by atoms with van der Waals surface area (Å²) in [5.74, 6) is 2.78. The number of piperidine rings is 1. The monoisotopic (exact) mass is 376 g/mol. The average Bonchev–Trinajstić information content (AvgIpc) is 2.64. The molecule has 3 rings (SSSR count). The van der Waals surface area contributed by atoms with Crippen LogP contribution in [0.2, 0.25) is 0 Å². The number of methoxy groups -OCH3 is 2. The molecule has 0 radical (unpaired) electrons. The number of benzene rings is 1. The van der Waals surface area contributed by atoms with Gasteiger partial charge in [-0.1, -0.05) is 9.62 Å². The van der Waals surface area contributed by atoms with E-state index < -0.39 is 9.62 Å².